The molecule has 2 aliphatic heterocycles. The minimum atomic E-state index is -0.251. The molecule has 2 heterocycles. The molecule has 0 saturated carbocycles. The molecule has 0 aromatic heterocycles. The minimum absolute atomic E-state index is 0.111. The number of phenolic OH excluding ortho intramolecular Hbond substituents is 1. The topological polar surface area (TPSA) is 65.3 Å². The van der Waals surface area contributed by atoms with Crippen LogP contribution < -0.4 is 5.32 Å². The third-order valence-corrected chi connectivity index (χ3v) is 5.54. The number of nitriles is 1. The van der Waals surface area contributed by atoms with Gasteiger partial charge in [-0.2, -0.15) is 5.26 Å². The first-order chi connectivity index (χ1) is 12.2. The summed E-state index contributed by atoms with van der Waals surface area (Å²) in [5.74, 6) is 0.365. The molecule has 4 heteroatoms. The molecule has 2 aromatic carbocycles. The molecule has 0 bridgehead atoms. The van der Waals surface area contributed by atoms with E-state index >= 15 is 0 Å². The van der Waals surface area contributed by atoms with Gasteiger partial charge in [-0.05, 0) is 49.6 Å². The number of nitrogens with zero attached hydrogens (tertiary/aromatic N) is 1. The van der Waals surface area contributed by atoms with Crippen molar-refractivity contribution in [2.75, 3.05) is 13.2 Å². The Morgan fingerprint density at radius 1 is 1.20 bits per heavy atom. The summed E-state index contributed by atoms with van der Waals surface area (Å²) in [7, 11) is 0. The number of hydrogen-bond acceptors (Lipinski definition) is 4. The van der Waals surface area contributed by atoms with Crippen LogP contribution in [0.15, 0.2) is 48.5 Å². The van der Waals surface area contributed by atoms with Crippen LogP contribution >= 0.6 is 0 Å². The third kappa shape index (κ3) is 2.90. The maximum atomic E-state index is 10.3. The van der Waals surface area contributed by atoms with Crippen molar-refractivity contribution < 1.29 is 9.84 Å². The van der Waals surface area contributed by atoms with Crippen LogP contribution in [-0.4, -0.2) is 23.9 Å². The molecule has 1 spiro atoms. The molecular weight excluding hydrogens is 312 g/mol. The molecule has 2 N–H and O–H groups in total. The van der Waals surface area contributed by atoms with Gasteiger partial charge in [-0.15, -0.1) is 0 Å². The number of hydrogen-bond donors (Lipinski definition) is 2. The van der Waals surface area contributed by atoms with E-state index < -0.39 is 0 Å². The highest BCUT2D eigenvalue weighted by molar-refractivity contribution is 5.44. The van der Waals surface area contributed by atoms with E-state index in [1.807, 2.05) is 6.07 Å². The Bertz CT molecular complexity index is 799. The number of rotatable bonds is 2. The molecule has 0 aliphatic carbocycles. The standard InChI is InChI=1S/C21H22N2O2/c22-13-15-7-8-19(24)18(11-15)17-12-21(25-14-17)9-4-10-23-20(21)16-5-2-1-3-6-16/h1-3,5-8,11,17,20,23-24H,4,9-10,12,14H2. The quantitative estimate of drug-likeness (QED) is 0.880. The van der Waals surface area contributed by atoms with Gasteiger partial charge < -0.3 is 15.2 Å². The van der Waals surface area contributed by atoms with Gasteiger partial charge >= 0.3 is 0 Å². The van der Waals surface area contributed by atoms with Crippen LogP contribution in [0.4, 0.5) is 0 Å². The lowest BCUT2D eigenvalue weighted by molar-refractivity contribution is -0.0484. The third-order valence-electron chi connectivity index (χ3n) is 5.54. The SMILES string of the molecule is N#Cc1ccc(O)c(C2COC3(CCCNC3c3ccccc3)C2)c1. The van der Waals surface area contributed by atoms with Gasteiger partial charge in [0.05, 0.1) is 29.9 Å². The smallest absolute Gasteiger partial charge is 0.119 e. The molecule has 3 unspecified atom stereocenters. The van der Waals surface area contributed by atoms with E-state index in [0.717, 1.165) is 31.4 Å². The fourth-order valence-corrected chi connectivity index (χ4v) is 4.36. The van der Waals surface area contributed by atoms with E-state index in [9.17, 15) is 5.11 Å². The second kappa shape index (κ2) is 6.51. The number of nitrogens with one attached hydrogen (secondary N) is 1. The van der Waals surface area contributed by atoms with Crippen LogP contribution in [0.2, 0.25) is 0 Å². The summed E-state index contributed by atoms with van der Waals surface area (Å²) >= 11 is 0. The van der Waals surface area contributed by atoms with E-state index in [-0.39, 0.29) is 23.3 Å². The average Bonchev–Trinajstić information content (AvgIpc) is 3.07. The molecule has 2 aromatic rings. The molecule has 4 nitrogen and oxygen atoms in total. The van der Waals surface area contributed by atoms with E-state index in [4.69, 9.17) is 10.00 Å². The molecule has 0 radical (unpaired) electrons. The van der Waals surface area contributed by atoms with Crippen molar-refractivity contribution in [1.29, 1.82) is 5.26 Å². The summed E-state index contributed by atoms with van der Waals surface area (Å²) in [5, 5.41) is 23.1. The van der Waals surface area contributed by atoms with Crippen LogP contribution in [0.3, 0.4) is 0 Å². The van der Waals surface area contributed by atoms with Crippen molar-refractivity contribution in [3.63, 3.8) is 0 Å². The second-order valence-electron chi connectivity index (χ2n) is 7.06. The number of aromatic hydroxyl groups is 1. The highest BCUT2D eigenvalue weighted by atomic mass is 16.5. The van der Waals surface area contributed by atoms with Crippen LogP contribution in [0.5, 0.6) is 5.75 Å². The Balaban J connectivity index is 1.65. The molecule has 4 rings (SSSR count). The molecule has 128 valence electrons. The summed E-state index contributed by atoms with van der Waals surface area (Å²) in [6.07, 6.45) is 2.94. The number of piperidine rings is 1. The van der Waals surface area contributed by atoms with Gasteiger partial charge in [0.25, 0.3) is 0 Å². The molecule has 2 saturated heterocycles. The van der Waals surface area contributed by atoms with Gasteiger partial charge in [-0.1, -0.05) is 30.3 Å². The molecular formula is C21H22N2O2. The lowest BCUT2D eigenvalue weighted by Gasteiger charge is -2.41. The van der Waals surface area contributed by atoms with Crippen molar-refractivity contribution >= 4 is 0 Å². The van der Waals surface area contributed by atoms with E-state index in [2.05, 4.69) is 35.7 Å². The maximum Gasteiger partial charge on any atom is 0.119 e. The Hall–Kier alpha value is -2.35. The largest absolute Gasteiger partial charge is 0.508 e. The number of ether oxygens (including phenoxy) is 1. The average molecular weight is 334 g/mol. The Morgan fingerprint density at radius 3 is 2.84 bits per heavy atom. The zero-order valence-electron chi connectivity index (χ0n) is 14.1. The monoisotopic (exact) mass is 334 g/mol. The Morgan fingerprint density at radius 2 is 2.04 bits per heavy atom. The zero-order chi connectivity index (χ0) is 17.3. The molecule has 25 heavy (non-hydrogen) atoms. The fourth-order valence-electron chi connectivity index (χ4n) is 4.36. The fraction of sp³-hybridized carbons (Fsp3) is 0.381. The van der Waals surface area contributed by atoms with Crippen LogP contribution in [-0.2, 0) is 4.74 Å². The molecule has 2 fully saturated rings. The highest BCUT2D eigenvalue weighted by Crippen LogP contribution is 2.49. The first-order valence-electron chi connectivity index (χ1n) is 8.87. The Kier molecular flexibility index (Phi) is 4.20. The second-order valence-corrected chi connectivity index (χ2v) is 7.06. The predicted molar refractivity (Wildman–Crippen MR) is 95.3 cm³/mol. The van der Waals surface area contributed by atoms with Crippen molar-refractivity contribution in [3.05, 3.63) is 65.2 Å². The molecule has 3 atom stereocenters. The van der Waals surface area contributed by atoms with Crippen LogP contribution in [0.1, 0.15) is 47.9 Å². The van der Waals surface area contributed by atoms with Crippen LogP contribution in [0.25, 0.3) is 0 Å². The van der Waals surface area contributed by atoms with Gasteiger partial charge in [0, 0.05) is 11.5 Å². The van der Waals surface area contributed by atoms with Gasteiger partial charge in [0.1, 0.15) is 5.75 Å². The van der Waals surface area contributed by atoms with Gasteiger partial charge in [0.15, 0.2) is 0 Å². The first-order valence-corrected chi connectivity index (χ1v) is 8.87. The van der Waals surface area contributed by atoms with Crippen molar-refractivity contribution in [2.24, 2.45) is 0 Å². The first kappa shape index (κ1) is 16.1. The predicted octanol–water partition coefficient (Wildman–Crippen LogP) is 3.63. The van der Waals surface area contributed by atoms with Gasteiger partial charge in [0.2, 0.25) is 0 Å². The lowest BCUT2D eigenvalue weighted by Crippen LogP contribution is -2.48. The number of phenols is 1. The highest BCUT2D eigenvalue weighted by Gasteiger charge is 2.48. The summed E-state index contributed by atoms with van der Waals surface area (Å²) < 4.78 is 6.39. The summed E-state index contributed by atoms with van der Waals surface area (Å²) in [6, 6.07) is 17.8. The lowest BCUT2D eigenvalue weighted by atomic mass is 9.76. The van der Waals surface area contributed by atoms with E-state index in [1.54, 1.807) is 18.2 Å². The minimum Gasteiger partial charge on any atom is -0.508 e. The van der Waals surface area contributed by atoms with Crippen LogP contribution in [0, 0.1) is 11.3 Å². The molecule has 2 aliphatic rings. The maximum absolute atomic E-state index is 10.3. The summed E-state index contributed by atoms with van der Waals surface area (Å²) in [6.45, 7) is 1.57. The van der Waals surface area contributed by atoms with Gasteiger partial charge in [-0.25, -0.2) is 0 Å². The number of benzene rings is 2. The van der Waals surface area contributed by atoms with E-state index in [1.165, 1.54) is 5.56 Å². The van der Waals surface area contributed by atoms with Gasteiger partial charge in [-0.3, -0.25) is 0 Å². The summed E-state index contributed by atoms with van der Waals surface area (Å²) in [5.41, 5.74) is 2.40. The van der Waals surface area contributed by atoms with Crippen molar-refractivity contribution in [2.45, 2.75) is 36.8 Å². The summed E-state index contributed by atoms with van der Waals surface area (Å²) in [4.78, 5) is 0. The van der Waals surface area contributed by atoms with E-state index in [0.29, 0.717) is 12.2 Å². The Labute approximate surface area is 148 Å². The molecule has 0 amide bonds. The normalized spacial score (nSPS) is 28.8. The zero-order valence-corrected chi connectivity index (χ0v) is 14.1. The van der Waals surface area contributed by atoms with Crippen molar-refractivity contribution in [3.8, 4) is 11.8 Å². The van der Waals surface area contributed by atoms with Crippen molar-refractivity contribution in [1.82, 2.24) is 5.32 Å².